The van der Waals surface area contributed by atoms with E-state index in [-0.39, 0.29) is 17.0 Å². The normalized spacial score (nSPS) is 10.1. The Labute approximate surface area is 127 Å². The Morgan fingerprint density at radius 2 is 2.00 bits per heavy atom. The number of phenols is 1. The number of hydrogen-bond donors (Lipinski definition) is 3. The van der Waals surface area contributed by atoms with Gasteiger partial charge in [0.15, 0.2) is 0 Å². The van der Waals surface area contributed by atoms with E-state index in [1.165, 1.54) is 18.2 Å². The first-order valence-corrected chi connectivity index (χ1v) is 6.51. The number of nitro benzene ring substituents is 1. The predicted octanol–water partition coefficient (Wildman–Crippen LogP) is 2.90. The van der Waals surface area contributed by atoms with Gasteiger partial charge in [0.1, 0.15) is 11.4 Å². The lowest BCUT2D eigenvalue weighted by molar-refractivity contribution is -0.384. The minimum Gasteiger partial charge on any atom is -0.508 e. The molecule has 2 aromatic carbocycles. The Kier molecular flexibility index (Phi) is 4.08. The van der Waals surface area contributed by atoms with Crippen LogP contribution in [0.2, 0.25) is 0 Å². The number of rotatable bonds is 3. The van der Waals surface area contributed by atoms with E-state index in [0.29, 0.717) is 10.2 Å². The fraction of sp³-hybridized carbons (Fsp3) is 0. The van der Waals surface area contributed by atoms with Gasteiger partial charge in [-0.15, -0.1) is 0 Å². The molecule has 7 nitrogen and oxygen atoms in total. The van der Waals surface area contributed by atoms with Crippen LogP contribution in [0.5, 0.6) is 5.75 Å². The third-order valence-corrected chi connectivity index (χ3v) is 3.35. The summed E-state index contributed by atoms with van der Waals surface area (Å²) < 4.78 is 0.510. The number of benzene rings is 2. The largest absolute Gasteiger partial charge is 0.508 e. The van der Waals surface area contributed by atoms with Gasteiger partial charge in [-0.2, -0.15) is 0 Å². The van der Waals surface area contributed by atoms with Gasteiger partial charge < -0.3 is 16.2 Å². The molecule has 4 N–H and O–H groups in total. The highest BCUT2D eigenvalue weighted by Crippen LogP contribution is 2.29. The second-order valence-corrected chi connectivity index (χ2v) is 5.01. The molecular formula is C13H10BrN3O4. The number of aromatic hydroxyl groups is 1. The first-order valence-electron chi connectivity index (χ1n) is 5.72. The molecule has 0 unspecified atom stereocenters. The van der Waals surface area contributed by atoms with E-state index in [1.54, 1.807) is 12.1 Å². The summed E-state index contributed by atoms with van der Waals surface area (Å²) in [5.41, 5.74) is 5.84. The molecule has 0 atom stereocenters. The summed E-state index contributed by atoms with van der Waals surface area (Å²) in [6.45, 7) is 0. The molecule has 2 rings (SSSR count). The molecule has 0 aliphatic carbocycles. The molecule has 0 heterocycles. The average molecular weight is 352 g/mol. The van der Waals surface area contributed by atoms with Gasteiger partial charge >= 0.3 is 0 Å². The van der Waals surface area contributed by atoms with Crippen LogP contribution in [-0.4, -0.2) is 15.9 Å². The number of phenolic OH excluding ortho intramolecular Hbond substituents is 1. The van der Waals surface area contributed by atoms with E-state index in [4.69, 9.17) is 5.73 Å². The molecule has 0 aromatic heterocycles. The molecule has 0 spiro atoms. The van der Waals surface area contributed by atoms with Gasteiger partial charge in [0.2, 0.25) is 0 Å². The molecular weight excluding hydrogens is 342 g/mol. The zero-order valence-corrected chi connectivity index (χ0v) is 12.1. The number of hydrogen-bond acceptors (Lipinski definition) is 5. The van der Waals surface area contributed by atoms with Crippen molar-refractivity contribution in [2.24, 2.45) is 0 Å². The maximum absolute atomic E-state index is 12.2. The lowest BCUT2D eigenvalue weighted by atomic mass is 10.1. The number of nitrogen functional groups attached to an aromatic ring is 1. The molecule has 0 aliphatic heterocycles. The van der Waals surface area contributed by atoms with Crippen molar-refractivity contribution in [2.45, 2.75) is 0 Å². The molecule has 0 aliphatic rings. The van der Waals surface area contributed by atoms with Gasteiger partial charge in [0, 0.05) is 10.2 Å². The van der Waals surface area contributed by atoms with Crippen molar-refractivity contribution in [1.29, 1.82) is 0 Å². The number of nitrogens with zero attached hydrogens (tertiary/aromatic N) is 1. The Hall–Kier alpha value is -2.61. The fourth-order valence-electron chi connectivity index (χ4n) is 1.68. The maximum Gasteiger partial charge on any atom is 0.296 e. The van der Waals surface area contributed by atoms with E-state index in [2.05, 4.69) is 21.2 Å². The molecule has 0 saturated heterocycles. The fourth-order valence-corrected chi connectivity index (χ4v) is 2.11. The molecule has 0 radical (unpaired) electrons. The van der Waals surface area contributed by atoms with E-state index >= 15 is 0 Å². The molecule has 21 heavy (non-hydrogen) atoms. The summed E-state index contributed by atoms with van der Waals surface area (Å²) in [6.07, 6.45) is 0. The maximum atomic E-state index is 12.2. The number of nitro groups is 1. The van der Waals surface area contributed by atoms with Crippen LogP contribution in [-0.2, 0) is 0 Å². The number of nitrogens with one attached hydrogen (secondary N) is 1. The summed E-state index contributed by atoms with van der Waals surface area (Å²) in [5.74, 6) is -0.812. The minimum atomic E-state index is -0.691. The van der Waals surface area contributed by atoms with Crippen molar-refractivity contribution >= 4 is 38.9 Å². The topological polar surface area (TPSA) is 118 Å². The Morgan fingerprint density at radius 3 is 2.67 bits per heavy atom. The zero-order chi connectivity index (χ0) is 15.6. The highest BCUT2D eigenvalue weighted by Gasteiger charge is 2.18. The lowest BCUT2D eigenvalue weighted by Crippen LogP contribution is -2.14. The van der Waals surface area contributed by atoms with Crippen molar-refractivity contribution in [3.8, 4) is 5.75 Å². The first kappa shape index (κ1) is 14.8. The lowest BCUT2D eigenvalue weighted by Gasteiger charge is -2.08. The second-order valence-electron chi connectivity index (χ2n) is 4.15. The van der Waals surface area contributed by atoms with Gasteiger partial charge in [0.25, 0.3) is 11.6 Å². The van der Waals surface area contributed by atoms with Gasteiger partial charge in [-0.25, -0.2) is 0 Å². The predicted molar refractivity (Wildman–Crippen MR) is 81.3 cm³/mol. The SMILES string of the molecule is Nc1ccc(Br)c(C(=O)Nc2ccc(O)cc2[N+](=O)[O-])c1. The zero-order valence-electron chi connectivity index (χ0n) is 10.5. The van der Waals surface area contributed by atoms with Gasteiger partial charge in [-0.3, -0.25) is 14.9 Å². The van der Waals surface area contributed by atoms with Crippen LogP contribution in [0.3, 0.4) is 0 Å². The number of carbonyl (C=O) groups is 1. The second kappa shape index (κ2) is 5.80. The van der Waals surface area contributed by atoms with Gasteiger partial charge in [-0.1, -0.05) is 0 Å². The number of carbonyl (C=O) groups excluding carboxylic acids is 1. The molecule has 0 fully saturated rings. The van der Waals surface area contributed by atoms with E-state index in [1.807, 2.05) is 0 Å². The van der Waals surface area contributed by atoms with Crippen LogP contribution >= 0.6 is 15.9 Å². The smallest absolute Gasteiger partial charge is 0.296 e. The summed E-state index contributed by atoms with van der Waals surface area (Å²) in [4.78, 5) is 22.4. The monoisotopic (exact) mass is 351 g/mol. The highest BCUT2D eigenvalue weighted by atomic mass is 79.9. The van der Waals surface area contributed by atoms with Crippen LogP contribution in [0.1, 0.15) is 10.4 Å². The van der Waals surface area contributed by atoms with E-state index in [9.17, 15) is 20.0 Å². The van der Waals surface area contributed by atoms with Gasteiger partial charge in [-0.05, 0) is 46.3 Å². The van der Waals surface area contributed by atoms with Crippen molar-refractivity contribution in [1.82, 2.24) is 0 Å². The van der Waals surface area contributed by atoms with E-state index < -0.39 is 16.5 Å². The first-order chi connectivity index (χ1) is 9.88. The highest BCUT2D eigenvalue weighted by molar-refractivity contribution is 9.10. The van der Waals surface area contributed by atoms with E-state index in [0.717, 1.165) is 6.07 Å². The van der Waals surface area contributed by atoms with Crippen LogP contribution in [0.25, 0.3) is 0 Å². The molecule has 2 aromatic rings. The molecule has 0 saturated carbocycles. The van der Waals surface area contributed by atoms with Crippen LogP contribution < -0.4 is 11.1 Å². The van der Waals surface area contributed by atoms with Crippen molar-refractivity contribution < 1.29 is 14.8 Å². The average Bonchev–Trinajstić information content (AvgIpc) is 2.43. The Bertz CT molecular complexity index is 733. The Balaban J connectivity index is 2.36. The third kappa shape index (κ3) is 3.29. The number of nitrogens with two attached hydrogens (primary N) is 1. The summed E-state index contributed by atoms with van der Waals surface area (Å²) in [7, 11) is 0. The standard InChI is InChI=1S/C13H10BrN3O4/c14-10-3-1-7(15)5-9(10)13(19)16-11-4-2-8(18)6-12(11)17(20)21/h1-6,18H,15H2,(H,16,19). The van der Waals surface area contributed by atoms with Crippen LogP contribution in [0, 0.1) is 10.1 Å². The Morgan fingerprint density at radius 1 is 1.29 bits per heavy atom. The summed E-state index contributed by atoms with van der Waals surface area (Å²) in [5, 5.41) is 22.6. The van der Waals surface area contributed by atoms with Crippen molar-refractivity contribution in [3.63, 3.8) is 0 Å². The quantitative estimate of drug-likeness (QED) is 0.340. The summed E-state index contributed by atoms with van der Waals surface area (Å²) in [6, 6.07) is 8.14. The van der Waals surface area contributed by atoms with Gasteiger partial charge in [0.05, 0.1) is 16.6 Å². The number of halogens is 1. The van der Waals surface area contributed by atoms with Crippen molar-refractivity contribution in [2.75, 3.05) is 11.1 Å². The molecule has 108 valence electrons. The number of anilines is 2. The number of amides is 1. The molecule has 1 amide bonds. The van der Waals surface area contributed by atoms with Crippen LogP contribution in [0.4, 0.5) is 17.1 Å². The molecule has 0 bridgehead atoms. The summed E-state index contributed by atoms with van der Waals surface area (Å²) >= 11 is 3.21. The minimum absolute atomic E-state index is 0.0166. The third-order valence-electron chi connectivity index (χ3n) is 2.66. The van der Waals surface area contributed by atoms with Crippen LogP contribution in [0.15, 0.2) is 40.9 Å². The van der Waals surface area contributed by atoms with Crippen molar-refractivity contribution in [3.05, 3.63) is 56.5 Å². The molecule has 8 heteroatoms.